The van der Waals surface area contributed by atoms with Crippen LogP contribution < -0.4 is 15.8 Å². The summed E-state index contributed by atoms with van der Waals surface area (Å²) < 4.78 is 23.5. The number of hydrogen-bond acceptors (Lipinski definition) is 7. The maximum atomic E-state index is 12.6. The number of carbonyl (C=O) groups excluding carboxylic acids is 1. The molecule has 2 aromatic carbocycles. The Kier molecular flexibility index (Phi) is 7.28. The molecule has 0 spiro atoms. The molecule has 0 saturated carbocycles. The number of anilines is 2. The number of benzene rings is 2. The van der Waals surface area contributed by atoms with Gasteiger partial charge in [-0.2, -0.15) is 0 Å². The summed E-state index contributed by atoms with van der Waals surface area (Å²) >= 11 is 0. The highest BCUT2D eigenvalue weighted by Crippen LogP contribution is 2.30. The van der Waals surface area contributed by atoms with E-state index in [1.165, 1.54) is 12.1 Å². The zero-order chi connectivity index (χ0) is 25.0. The second-order valence-electron chi connectivity index (χ2n) is 7.87. The molecule has 0 atom stereocenters. The van der Waals surface area contributed by atoms with E-state index in [4.69, 9.17) is 5.14 Å². The summed E-state index contributed by atoms with van der Waals surface area (Å²) in [6.45, 7) is 5.39. The second kappa shape index (κ2) is 9.98. The quantitative estimate of drug-likeness (QED) is 0.328. The van der Waals surface area contributed by atoms with Crippen molar-refractivity contribution >= 4 is 33.0 Å². The lowest BCUT2D eigenvalue weighted by molar-refractivity contribution is -0.384. The van der Waals surface area contributed by atoms with Gasteiger partial charge in [-0.25, -0.2) is 13.6 Å². The van der Waals surface area contributed by atoms with E-state index in [0.717, 1.165) is 11.1 Å². The van der Waals surface area contributed by atoms with Gasteiger partial charge in [-0.15, -0.1) is 0 Å². The van der Waals surface area contributed by atoms with Crippen LogP contribution in [0.25, 0.3) is 0 Å². The minimum Gasteiger partial charge on any atom is -0.352 e. The Morgan fingerprint density at radius 2 is 1.76 bits per heavy atom. The zero-order valence-electron chi connectivity index (χ0n) is 19.0. The van der Waals surface area contributed by atoms with Gasteiger partial charge in [0.15, 0.2) is 0 Å². The van der Waals surface area contributed by atoms with E-state index in [0.29, 0.717) is 29.2 Å². The highest BCUT2D eigenvalue weighted by molar-refractivity contribution is 7.89. The number of carbonyl (C=O) groups is 1. The lowest BCUT2D eigenvalue weighted by Crippen LogP contribution is -2.28. The average molecular weight is 484 g/mol. The number of primary sulfonamides is 1. The highest BCUT2D eigenvalue weighted by atomic mass is 32.2. The summed E-state index contributed by atoms with van der Waals surface area (Å²) in [4.78, 5) is 27.4. The van der Waals surface area contributed by atoms with Crippen molar-refractivity contribution in [1.29, 1.82) is 0 Å². The Bertz CT molecular complexity index is 1350. The van der Waals surface area contributed by atoms with Gasteiger partial charge >= 0.3 is 5.69 Å². The Morgan fingerprint density at radius 1 is 1.09 bits per heavy atom. The second-order valence-corrected chi connectivity index (χ2v) is 9.40. The van der Waals surface area contributed by atoms with Crippen LogP contribution in [0.2, 0.25) is 0 Å². The van der Waals surface area contributed by atoms with Crippen molar-refractivity contribution in [1.82, 2.24) is 10.3 Å². The molecule has 11 heteroatoms. The highest BCUT2D eigenvalue weighted by Gasteiger charge is 2.20. The molecule has 0 fully saturated rings. The Hall–Kier alpha value is -3.83. The molecule has 0 radical (unpaired) electrons. The Balaban J connectivity index is 1.66. The van der Waals surface area contributed by atoms with Crippen molar-refractivity contribution in [3.05, 3.63) is 86.7 Å². The number of nitrogens with two attached hydrogens (primary N) is 1. The van der Waals surface area contributed by atoms with Gasteiger partial charge in [-0.1, -0.05) is 23.8 Å². The third kappa shape index (κ3) is 5.94. The number of amides is 1. The summed E-state index contributed by atoms with van der Waals surface area (Å²) in [7, 11) is -4.03. The van der Waals surface area contributed by atoms with Crippen LogP contribution in [-0.2, 0) is 16.4 Å². The predicted octanol–water partition coefficient (Wildman–Crippen LogP) is 3.28. The summed E-state index contributed by atoms with van der Waals surface area (Å²) in [6, 6.07) is 13.2. The summed E-state index contributed by atoms with van der Waals surface area (Å²) in [5.41, 5.74) is 3.60. The Morgan fingerprint density at radius 3 is 2.38 bits per heavy atom. The zero-order valence-corrected chi connectivity index (χ0v) is 19.8. The molecular weight excluding hydrogens is 458 g/mol. The molecule has 178 valence electrons. The largest absolute Gasteiger partial charge is 0.352 e. The Labute approximate surface area is 197 Å². The van der Waals surface area contributed by atoms with Crippen LogP contribution in [0.1, 0.15) is 32.9 Å². The topological polar surface area (TPSA) is 157 Å². The molecule has 0 aliphatic carbocycles. The minimum absolute atomic E-state index is 0.00609. The van der Waals surface area contributed by atoms with Crippen LogP contribution in [0, 0.1) is 30.9 Å². The van der Waals surface area contributed by atoms with Gasteiger partial charge in [0, 0.05) is 17.9 Å². The predicted molar refractivity (Wildman–Crippen MR) is 129 cm³/mol. The van der Waals surface area contributed by atoms with E-state index in [-0.39, 0.29) is 22.7 Å². The van der Waals surface area contributed by atoms with E-state index in [9.17, 15) is 23.3 Å². The fourth-order valence-corrected chi connectivity index (χ4v) is 4.26. The number of hydrogen-bond donors (Lipinski definition) is 3. The number of aryl methyl sites for hydroxylation is 3. The van der Waals surface area contributed by atoms with Crippen LogP contribution in [-0.4, -0.2) is 30.8 Å². The molecule has 0 aliphatic rings. The average Bonchev–Trinajstić information content (AvgIpc) is 2.73. The number of pyridine rings is 1. The number of nitrogens with one attached hydrogen (secondary N) is 2. The molecule has 0 aliphatic heterocycles. The number of sulfonamides is 1. The van der Waals surface area contributed by atoms with Crippen LogP contribution >= 0.6 is 0 Å². The number of nitrogens with zero attached hydrogens (tertiary/aromatic N) is 2. The first-order chi connectivity index (χ1) is 16.0. The number of aromatic nitrogens is 1. The van der Waals surface area contributed by atoms with Gasteiger partial charge < -0.3 is 10.6 Å². The molecule has 34 heavy (non-hydrogen) atoms. The van der Waals surface area contributed by atoms with Crippen molar-refractivity contribution in [2.24, 2.45) is 5.14 Å². The molecule has 3 aromatic rings. The van der Waals surface area contributed by atoms with Crippen LogP contribution in [0.5, 0.6) is 0 Å². The fraction of sp³-hybridized carbons (Fsp3) is 0.217. The van der Waals surface area contributed by atoms with Gasteiger partial charge in [0.1, 0.15) is 11.4 Å². The van der Waals surface area contributed by atoms with Gasteiger partial charge in [0.2, 0.25) is 10.0 Å². The lowest BCUT2D eigenvalue weighted by atomic mass is 10.1. The van der Waals surface area contributed by atoms with E-state index in [1.54, 1.807) is 45.0 Å². The van der Waals surface area contributed by atoms with Gasteiger partial charge in [-0.3, -0.25) is 19.9 Å². The number of nitro groups is 1. The molecule has 3 rings (SSSR count). The minimum atomic E-state index is -4.03. The van der Waals surface area contributed by atoms with Crippen molar-refractivity contribution in [2.45, 2.75) is 32.1 Å². The molecule has 0 saturated heterocycles. The molecule has 1 amide bonds. The summed E-state index contributed by atoms with van der Waals surface area (Å²) in [5.74, 6) is -0.526. The van der Waals surface area contributed by atoms with E-state index >= 15 is 0 Å². The first kappa shape index (κ1) is 24.8. The van der Waals surface area contributed by atoms with Crippen molar-refractivity contribution < 1.29 is 18.1 Å². The number of rotatable bonds is 8. The standard InChI is InChI=1S/C23H25N5O5S/c1-14-4-9-21(34(24,32)33)19(12-14)23(29)25-11-10-17-5-7-18(8-6-17)27-20-13-15(2)26-16(3)22(20)28(30)31/h4-9,12-13H,10-11H2,1-3H3,(H,25,29)(H,26,27)(H2,24,32,33). The monoisotopic (exact) mass is 483 g/mol. The van der Waals surface area contributed by atoms with E-state index < -0.39 is 20.9 Å². The van der Waals surface area contributed by atoms with Crippen molar-refractivity contribution in [3.63, 3.8) is 0 Å². The first-order valence-electron chi connectivity index (χ1n) is 10.4. The van der Waals surface area contributed by atoms with Crippen LogP contribution in [0.3, 0.4) is 0 Å². The normalized spacial score (nSPS) is 11.2. The van der Waals surface area contributed by atoms with Crippen molar-refractivity contribution in [2.75, 3.05) is 11.9 Å². The molecule has 4 N–H and O–H groups in total. The van der Waals surface area contributed by atoms with Crippen molar-refractivity contribution in [3.8, 4) is 0 Å². The van der Waals surface area contributed by atoms with Gasteiger partial charge in [0.05, 0.1) is 15.4 Å². The molecule has 1 heterocycles. The van der Waals surface area contributed by atoms with E-state index in [1.807, 2.05) is 12.1 Å². The molecule has 0 unspecified atom stereocenters. The van der Waals surface area contributed by atoms with Crippen LogP contribution in [0.4, 0.5) is 17.1 Å². The summed E-state index contributed by atoms with van der Waals surface area (Å²) in [5, 5.41) is 22.4. The molecular formula is C23H25N5O5S. The lowest BCUT2D eigenvalue weighted by Gasteiger charge is -2.11. The fourth-order valence-electron chi connectivity index (χ4n) is 3.54. The maximum Gasteiger partial charge on any atom is 0.313 e. The SMILES string of the molecule is Cc1ccc(S(N)(=O)=O)c(C(=O)NCCc2ccc(Nc3cc(C)nc(C)c3[N+](=O)[O-])cc2)c1. The molecule has 0 bridgehead atoms. The maximum absolute atomic E-state index is 12.6. The molecule has 1 aromatic heterocycles. The third-order valence-corrected chi connectivity index (χ3v) is 6.07. The van der Waals surface area contributed by atoms with Gasteiger partial charge in [-0.05, 0) is 63.1 Å². The summed E-state index contributed by atoms with van der Waals surface area (Å²) in [6.07, 6.45) is 0.496. The van der Waals surface area contributed by atoms with Crippen LogP contribution in [0.15, 0.2) is 53.4 Å². The first-order valence-corrected chi connectivity index (χ1v) is 11.9. The van der Waals surface area contributed by atoms with Gasteiger partial charge in [0.25, 0.3) is 5.91 Å². The smallest absolute Gasteiger partial charge is 0.313 e. The van der Waals surface area contributed by atoms with E-state index in [2.05, 4.69) is 15.6 Å². The molecule has 10 nitrogen and oxygen atoms in total. The third-order valence-electron chi connectivity index (χ3n) is 5.10.